The maximum absolute atomic E-state index is 12.2. The fraction of sp³-hybridized carbons (Fsp3) is 0.318. The first-order valence-corrected chi connectivity index (χ1v) is 8.99. The molecule has 0 radical (unpaired) electrons. The molecule has 1 N–H and O–H groups in total. The van der Waals surface area contributed by atoms with Crippen molar-refractivity contribution in [1.29, 1.82) is 0 Å². The minimum Gasteiger partial charge on any atom is -0.497 e. The van der Waals surface area contributed by atoms with Crippen molar-refractivity contribution in [3.05, 3.63) is 59.2 Å². The molecule has 0 spiro atoms. The molecule has 2 rings (SSSR count). The number of amides is 2. The molecular formula is C22H25NO6. The van der Waals surface area contributed by atoms with Crippen molar-refractivity contribution >= 4 is 17.8 Å². The van der Waals surface area contributed by atoms with Crippen molar-refractivity contribution in [3.63, 3.8) is 0 Å². The Labute approximate surface area is 170 Å². The van der Waals surface area contributed by atoms with Crippen LogP contribution in [-0.4, -0.2) is 38.6 Å². The molecule has 0 aromatic heterocycles. The smallest absolute Gasteiger partial charge is 0.342 e. The Balaban J connectivity index is 1.94. The lowest BCUT2D eigenvalue weighted by Gasteiger charge is -2.19. The van der Waals surface area contributed by atoms with Gasteiger partial charge >= 0.3 is 5.97 Å². The van der Waals surface area contributed by atoms with Crippen molar-refractivity contribution in [2.24, 2.45) is 0 Å². The molecular weight excluding hydrogens is 374 g/mol. The van der Waals surface area contributed by atoms with Gasteiger partial charge in [0.25, 0.3) is 11.8 Å². The van der Waals surface area contributed by atoms with Gasteiger partial charge in [-0.25, -0.2) is 4.79 Å². The third-order valence-corrected chi connectivity index (χ3v) is 4.23. The number of ether oxygens (including phenoxy) is 3. The molecule has 0 unspecified atom stereocenters. The zero-order valence-electron chi connectivity index (χ0n) is 17.2. The molecule has 2 aromatic rings. The molecule has 7 nitrogen and oxygen atoms in total. The number of benzene rings is 2. The largest absolute Gasteiger partial charge is 0.497 e. The van der Waals surface area contributed by atoms with Crippen molar-refractivity contribution < 1.29 is 28.6 Å². The van der Waals surface area contributed by atoms with E-state index in [0.717, 1.165) is 5.56 Å². The Morgan fingerprint density at radius 2 is 1.59 bits per heavy atom. The van der Waals surface area contributed by atoms with Crippen LogP contribution in [0.15, 0.2) is 42.5 Å². The second-order valence-electron chi connectivity index (χ2n) is 7.35. The minimum absolute atomic E-state index is 0.0401. The van der Waals surface area contributed by atoms with E-state index >= 15 is 0 Å². The van der Waals surface area contributed by atoms with Gasteiger partial charge in [-0.2, -0.15) is 0 Å². The highest BCUT2D eigenvalue weighted by molar-refractivity contribution is 6.05. The molecule has 2 amide bonds. The summed E-state index contributed by atoms with van der Waals surface area (Å²) >= 11 is 0. The molecule has 0 saturated heterocycles. The molecule has 0 heterocycles. The van der Waals surface area contributed by atoms with Gasteiger partial charge in [-0.05, 0) is 35.2 Å². The van der Waals surface area contributed by atoms with E-state index in [2.05, 4.69) is 26.1 Å². The van der Waals surface area contributed by atoms with E-state index in [9.17, 15) is 14.4 Å². The van der Waals surface area contributed by atoms with Crippen LogP contribution < -0.4 is 14.8 Å². The van der Waals surface area contributed by atoms with Crippen molar-refractivity contribution in [1.82, 2.24) is 5.32 Å². The summed E-state index contributed by atoms with van der Waals surface area (Å²) in [6.45, 7) is 5.60. The summed E-state index contributed by atoms with van der Waals surface area (Å²) in [6.07, 6.45) is 0. The highest BCUT2D eigenvalue weighted by Gasteiger charge is 2.18. The predicted molar refractivity (Wildman–Crippen MR) is 107 cm³/mol. The van der Waals surface area contributed by atoms with Crippen molar-refractivity contribution in [2.75, 3.05) is 20.8 Å². The summed E-state index contributed by atoms with van der Waals surface area (Å²) in [4.78, 5) is 36.4. The number of nitrogens with one attached hydrogen (secondary N) is 1. The number of methoxy groups -OCH3 is 2. The normalized spacial score (nSPS) is 10.8. The molecule has 0 aliphatic carbocycles. The molecule has 0 fully saturated rings. The standard InChI is InChI=1S/C22H25NO6/c1-22(2,3)15-8-6-14(7-9-15)20(25)23-19(24)13-29-21(26)17-11-10-16(27-4)12-18(17)28-5/h6-12H,13H2,1-5H3,(H,23,24,25). The first-order valence-electron chi connectivity index (χ1n) is 8.99. The van der Waals surface area contributed by atoms with Crippen LogP contribution in [0.2, 0.25) is 0 Å². The van der Waals surface area contributed by atoms with Gasteiger partial charge in [-0.15, -0.1) is 0 Å². The Kier molecular flexibility index (Phi) is 6.98. The van der Waals surface area contributed by atoms with Crippen LogP contribution in [0, 0.1) is 0 Å². The molecule has 0 aliphatic heterocycles. The van der Waals surface area contributed by atoms with Gasteiger partial charge in [0.05, 0.1) is 14.2 Å². The van der Waals surface area contributed by atoms with E-state index in [1.54, 1.807) is 18.2 Å². The highest BCUT2D eigenvalue weighted by atomic mass is 16.5. The van der Waals surface area contributed by atoms with E-state index in [-0.39, 0.29) is 16.7 Å². The summed E-state index contributed by atoms with van der Waals surface area (Å²) in [5.74, 6) is -1.27. The summed E-state index contributed by atoms with van der Waals surface area (Å²) < 4.78 is 15.2. The van der Waals surface area contributed by atoms with Crippen LogP contribution >= 0.6 is 0 Å². The van der Waals surface area contributed by atoms with E-state index in [1.807, 2.05) is 12.1 Å². The van der Waals surface area contributed by atoms with Gasteiger partial charge in [-0.1, -0.05) is 32.9 Å². The Bertz CT molecular complexity index is 897. The van der Waals surface area contributed by atoms with Crippen LogP contribution in [0.3, 0.4) is 0 Å². The third-order valence-electron chi connectivity index (χ3n) is 4.23. The van der Waals surface area contributed by atoms with Crippen LogP contribution in [0.5, 0.6) is 11.5 Å². The van der Waals surface area contributed by atoms with Crippen LogP contribution in [0.4, 0.5) is 0 Å². The van der Waals surface area contributed by atoms with Crippen molar-refractivity contribution in [3.8, 4) is 11.5 Å². The zero-order valence-corrected chi connectivity index (χ0v) is 17.2. The zero-order chi connectivity index (χ0) is 21.6. The highest BCUT2D eigenvalue weighted by Crippen LogP contribution is 2.25. The van der Waals surface area contributed by atoms with Gasteiger partial charge < -0.3 is 14.2 Å². The van der Waals surface area contributed by atoms with Gasteiger partial charge in [0.15, 0.2) is 6.61 Å². The Morgan fingerprint density at radius 3 is 2.14 bits per heavy atom. The topological polar surface area (TPSA) is 90.9 Å². The minimum atomic E-state index is -0.748. The summed E-state index contributed by atoms with van der Waals surface area (Å²) in [7, 11) is 2.90. The fourth-order valence-corrected chi connectivity index (χ4v) is 2.53. The summed E-state index contributed by atoms with van der Waals surface area (Å²) in [5, 5.41) is 2.20. The number of hydrogen-bond acceptors (Lipinski definition) is 6. The van der Waals surface area contributed by atoms with Crippen LogP contribution in [-0.2, 0) is 14.9 Å². The molecule has 7 heteroatoms. The lowest BCUT2D eigenvalue weighted by molar-refractivity contribution is -0.123. The van der Waals surface area contributed by atoms with Gasteiger partial charge in [0.2, 0.25) is 0 Å². The molecule has 0 aliphatic rings. The maximum Gasteiger partial charge on any atom is 0.342 e. The third kappa shape index (κ3) is 5.81. The SMILES string of the molecule is COc1ccc(C(=O)OCC(=O)NC(=O)c2ccc(C(C)(C)C)cc2)c(OC)c1. The first kappa shape index (κ1) is 21.9. The van der Waals surface area contributed by atoms with Crippen LogP contribution in [0.25, 0.3) is 0 Å². The molecule has 0 saturated carbocycles. The van der Waals surface area contributed by atoms with Gasteiger partial charge in [0.1, 0.15) is 17.1 Å². The summed E-state index contributed by atoms with van der Waals surface area (Å²) in [6, 6.07) is 11.6. The van der Waals surface area contributed by atoms with Gasteiger partial charge in [0, 0.05) is 11.6 Å². The second kappa shape index (κ2) is 9.23. The van der Waals surface area contributed by atoms with E-state index < -0.39 is 24.4 Å². The van der Waals surface area contributed by atoms with E-state index in [0.29, 0.717) is 11.3 Å². The lowest BCUT2D eigenvalue weighted by atomic mass is 9.87. The Hall–Kier alpha value is -3.35. The quantitative estimate of drug-likeness (QED) is 0.751. The Morgan fingerprint density at radius 1 is 0.931 bits per heavy atom. The van der Waals surface area contributed by atoms with Crippen molar-refractivity contribution in [2.45, 2.75) is 26.2 Å². The monoisotopic (exact) mass is 399 g/mol. The summed E-state index contributed by atoms with van der Waals surface area (Å²) in [5.41, 5.74) is 1.52. The second-order valence-corrected chi connectivity index (χ2v) is 7.35. The molecule has 0 atom stereocenters. The first-order chi connectivity index (χ1) is 13.7. The number of carbonyl (C=O) groups is 3. The number of hydrogen-bond donors (Lipinski definition) is 1. The van der Waals surface area contributed by atoms with Gasteiger partial charge in [-0.3, -0.25) is 14.9 Å². The average Bonchev–Trinajstić information content (AvgIpc) is 2.70. The maximum atomic E-state index is 12.2. The lowest BCUT2D eigenvalue weighted by Crippen LogP contribution is -2.34. The molecule has 2 aromatic carbocycles. The fourth-order valence-electron chi connectivity index (χ4n) is 2.53. The number of carbonyl (C=O) groups excluding carboxylic acids is 3. The molecule has 0 bridgehead atoms. The van der Waals surface area contributed by atoms with E-state index in [4.69, 9.17) is 14.2 Å². The molecule has 154 valence electrons. The number of esters is 1. The van der Waals surface area contributed by atoms with Crippen LogP contribution in [0.1, 0.15) is 47.1 Å². The number of imide groups is 1. The number of rotatable bonds is 6. The molecule has 29 heavy (non-hydrogen) atoms. The van der Waals surface area contributed by atoms with E-state index in [1.165, 1.54) is 26.4 Å². The predicted octanol–water partition coefficient (Wildman–Crippen LogP) is 3.11. The average molecular weight is 399 g/mol.